The van der Waals surface area contributed by atoms with Gasteiger partial charge in [-0.2, -0.15) is 8.42 Å². The van der Waals surface area contributed by atoms with Gasteiger partial charge in [0.25, 0.3) is 0 Å². The van der Waals surface area contributed by atoms with E-state index in [9.17, 15) is 13.2 Å². The molecule has 0 aliphatic rings. The van der Waals surface area contributed by atoms with Crippen molar-refractivity contribution in [3.63, 3.8) is 0 Å². The molecule has 0 fully saturated rings. The van der Waals surface area contributed by atoms with Crippen molar-refractivity contribution in [1.29, 1.82) is 0 Å². The van der Waals surface area contributed by atoms with Crippen LogP contribution in [0.3, 0.4) is 0 Å². The molecule has 8 nitrogen and oxygen atoms in total. The number of nitrogens with one attached hydrogen (secondary N) is 1. The highest BCUT2D eigenvalue weighted by molar-refractivity contribution is 14.1. The lowest BCUT2D eigenvalue weighted by atomic mass is 10.1. The Kier molecular flexibility index (Phi) is 6.03. The smallest absolute Gasteiger partial charge is 0.310 e. The van der Waals surface area contributed by atoms with Crippen LogP contribution >= 0.6 is 22.6 Å². The topological polar surface area (TPSA) is 104 Å². The predicted molar refractivity (Wildman–Crippen MR) is 99.9 cm³/mol. The SMILES string of the molecule is CCOC(=O)Cc1c(I)[nH]c2c(OC)c(OC)c(OS(C)(=O)=O)cc12. The van der Waals surface area contributed by atoms with Gasteiger partial charge in [0.05, 0.1) is 42.7 Å². The normalized spacial score (nSPS) is 11.4. The van der Waals surface area contributed by atoms with Crippen LogP contribution in [0.2, 0.25) is 0 Å². The monoisotopic (exact) mass is 483 g/mol. The molecule has 0 aliphatic carbocycles. The van der Waals surface area contributed by atoms with Gasteiger partial charge in [0.1, 0.15) is 0 Å². The molecular formula is C15H18INO7S. The van der Waals surface area contributed by atoms with E-state index in [4.69, 9.17) is 18.4 Å². The van der Waals surface area contributed by atoms with E-state index in [1.54, 1.807) is 6.92 Å². The summed E-state index contributed by atoms with van der Waals surface area (Å²) in [4.78, 5) is 15.0. The molecule has 25 heavy (non-hydrogen) atoms. The number of halogens is 1. The van der Waals surface area contributed by atoms with Crippen LogP contribution in [-0.2, 0) is 26.1 Å². The van der Waals surface area contributed by atoms with Gasteiger partial charge in [-0.05, 0) is 35.6 Å². The van der Waals surface area contributed by atoms with Crippen LogP contribution in [0.5, 0.6) is 17.2 Å². The van der Waals surface area contributed by atoms with E-state index in [-0.39, 0.29) is 36.2 Å². The lowest BCUT2D eigenvalue weighted by molar-refractivity contribution is -0.142. The summed E-state index contributed by atoms with van der Waals surface area (Å²) in [5.74, 6) is 0.0176. The van der Waals surface area contributed by atoms with E-state index >= 15 is 0 Å². The number of aromatic amines is 1. The summed E-state index contributed by atoms with van der Waals surface area (Å²) >= 11 is 2.05. The highest BCUT2D eigenvalue weighted by Crippen LogP contribution is 2.45. The molecule has 1 aromatic carbocycles. The molecule has 0 saturated heterocycles. The molecule has 2 aromatic rings. The molecule has 0 unspecified atom stereocenters. The third-order valence-electron chi connectivity index (χ3n) is 3.30. The molecule has 0 radical (unpaired) electrons. The Bertz CT molecular complexity index is 904. The Morgan fingerprint density at radius 2 is 1.88 bits per heavy atom. The van der Waals surface area contributed by atoms with E-state index < -0.39 is 10.1 Å². The van der Waals surface area contributed by atoms with Crippen molar-refractivity contribution in [3.05, 3.63) is 15.3 Å². The first-order valence-corrected chi connectivity index (χ1v) is 10.1. The Labute approximate surface area is 159 Å². The van der Waals surface area contributed by atoms with Crippen LogP contribution in [0, 0.1) is 3.70 Å². The summed E-state index contributed by atoms with van der Waals surface area (Å²) in [7, 11) is -0.968. The number of H-pyrrole nitrogens is 1. The number of rotatable bonds is 7. The van der Waals surface area contributed by atoms with Gasteiger partial charge in [0, 0.05) is 10.9 Å². The summed E-state index contributed by atoms with van der Waals surface area (Å²) in [6.07, 6.45) is 0.962. The van der Waals surface area contributed by atoms with Gasteiger partial charge in [-0.15, -0.1) is 0 Å². The van der Waals surface area contributed by atoms with Crippen molar-refractivity contribution in [2.24, 2.45) is 0 Å². The van der Waals surface area contributed by atoms with Crippen molar-refractivity contribution >= 4 is 49.6 Å². The maximum absolute atomic E-state index is 11.9. The van der Waals surface area contributed by atoms with Crippen LogP contribution in [0.25, 0.3) is 10.9 Å². The zero-order valence-electron chi connectivity index (χ0n) is 14.1. The van der Waals surface area contributed by atoms with E-state index in [2.05, 4.69) is 27.6 Å². The summed E-state index contributed by atoms with van der Waals surface area (Å²) in [6.45, 7) is 2.00. The van der Waals surface area contributed by atoms with Crippen LogP contribution in [0.4, 0.5) is 0 Å². The predicted octanol–water partition coefficient (Wildman–Crippen LogP) is 2.23. The Hall–Kier alpha value is -1.69. The third-order valence-corrected chi connectivity index (χ3v) is 4.71. The molecular weight excluding hydrogens is 465 g/mol. The molecule has 1 aromatic heterocycles. The number of hydrogen-bond donors (Lipinski definition) is 1. The van der Waals surface area contributed by atoms with Gasteiger partial charge in [-0.3, -0.25) is 4.79 Å². The molecule has 0 bridgehead atoms. The highest BCUT2D eigenvalue weighted by atomic mass is 127. The molecule has 10 heteroatoms. The first kappa shape index (κ1) is 19.6. The molecule has 2 rings (SSSR count). The second-order valence-corrected chi connectivity index (χ2v) is 7.70. The van der Waals surface area contributed by atoms with Crippen molar-refractivity contribution in [3.8, 4) is 17.2 Å². The second kappa shape index (κ2) is 7.68. The minimum atomic E-state index is -3.78. The van der Waals surface area contributed by atoms with E-state index in [0.717, 1.165) is 6.26 Å². The van der Waals surface area contributed by atoms with Crippen molar-refractivity contribution in [2.75, 3.05) is 27.1 Å². The average molecular weight is 483 g/mol. The van der Waals surface area contributed by atoms with Gasteiger partial charge < -0.3 is 23.4 Å². The fourth-order valence-corrected chi connectivity index (χ4v) is 3.63. The summed E-state index contributed by atoms with van der Waals surface area (Å²) < 4.78 is 44.5. The standard InChI is InChI=1S/C15H18INO7S/c1-5-23-11(18)7-9-8-6-10(24-25(4,19)20)13(21-2)14(22-3)12(8)17-15(9)16/h6,17H,5,7H2,1-4H3. The summed E-state index contributed by atoms with van der Waals surface area (Å²) in [5.41, 5.74) is 1.23. The van der Waals surface area contributed by atoms with Gasteiger partial charge >= 0.3 is 16.1 Å². The van der Waals surface area contributed by atoms with E-state index in [1.807, 2.05) is 0 Å². The Morgan fingerprint density at radius 1 is 1.24 bits per heavy atom. The number of carbonyl (C=O) groups excluding carboxylic acids is 1. The number of methoxy groups -OCH3 is 2. The second-order valence-electron chi connectivity index (χ2n) is 5.05. The zero-order valence-corrected chi connectivity index (χ0v) is 17.1. The summed E-state index contributed by atoms with van der Waals surface area (Å²) in [5, 5.41) is 0.591. The lowest BCUT2D eigenvalue weighted by Crippen LogP contribution is -2.09. The first-order valence-electron chi connectivity index (χ1n) is 7.21. The van der Waals surface area contributed by atoms with Crippen LogP contribution in [0.1, 0.15) is 12.5 Å². The highest BCUT2D eigenvalue weighted by Gasteiger charge is 2.24. The molecule has 0 spiro atoms. The quantitative estimate of drug-likeness (QED) is 0.366. The van der Waals surface area contributed by atoms with E-state index in [0.29, 0.717) is 20.2 Å². The molecule has 1 N–H and O–H groups in total. The number of fused-ring (bicyclic) bond motifs is 1. The maximum atomic E-state index is 11.9. The lowest BCUT2D eigenvalue weighted by Gasteiger charge is -2.14. The number of hydrogen-bond acceptors (Lipinski definition) is 7. The van der Waals surface area contributed by atoms with Crippen molar-refractivity contribution in [1.82, 2.24) is 4.98 Å². The number of esters is 1. The number of ether oxygens (including phenoxy) is 3. The maximum Gasteiger partial charge on any atom is 0.310 e. The number of benzene rings is 1. The number of aromatic nitrogens is 1. The summed E-state index contributed by atoms with van der Waals surface area (Å²) in [6, 6.07) is 1.50. The van der Waals surface area contributed by atoms with Gasteiger partial charge in [-0.25, -0.2) is 0 Å². The van der Waals surface area contributed by atoms with Crippen LogP contribution in [-0.4, -0.2) is 46.5 Å². The first-order chi connectivity index (χ1) is 11.7. The number of carbonyl (C=O) groups is 1. The van der Waals surface area contributed by atoms with Gasteiger partial charge in [0.2, 0.25) is 5.75 Å². The molecule has 0 saturated carbocycles. The minimum absolute atomic E-state index is 0.0186. The molecule has 1 heterocycles. The van der Waals surface area contributed by atoms with E-state index in [1.165, 1.54) is 20.3 Å². The zero-order chi connectivity index (χ0) is 18.8. The largest absolute Gasteiger partial charge is 0.491 e. The fraction of sp³-hybridized carbons (Fsp3) is 0.400. The Morgan fingerprint density at radius 3 is 2.40 bits per heavy atom. The van der Waals surface area contributed by atoms with Crippen LogP contribution < -0.4 is 13.7 Å². The Balaban J connectivity index is 2.71. The average Bonchev–Trinajstić information content (AvgIpc) is 2.80. The molecule has 138 valence electrons. The third kappa shape index (κ3) is 4.29. The molecule has 0 aliphatic heterocycles. The van der Waals surface area contributed by atoms with Gasteiger partial charge in [-0.1, -0.05) is 0 Å². The van der Waals surface area contributed by atoms with Crippen LogP contribution in [0.15, 0.2) is 6.07 Å². The fourth-order valence-electron chi connectivity index (χ4n) is 2.42. The molecule has 0 atom stereocenters. The van der Waals surface area contributed by atoms with Crippen molar-refractivity contribution < 1.29 is 31.6 Å². The molecule has 0 amide bonds. The van der Waals surface area contributed by atoms with Crippen molar-refractivity contribution in [2.45, 2.75) is 13.3 Å². The van der Waals surface area contributed by atoms with Gasteiger partial charge in [0.15, 0.2) is 11.5 Å². The minimum Gasteiger partial charge on any atom is -0.491 e.